The normalized spacial score (nSPS) is 24.0. The van der Waals surface area contributed by atoms with Gasteiger partial charge in [-0.15, -0.1) is 0 Å². The number of fused-ring (bicyclic) bond motifs is 1. The van der Waals surface area contributed by atoms with Crippen LogP contribution in [0.15, 0.2) is 12.1 Å². The first-order chi connectivity index (χ1) is 16.5. The Hall–Kier alpha value is -2.66. The maximum absolute atomic E-state index is 12.7. The lowest BCUT2D eigenvalue weighted by Crippen LogP contribution is -2.49. The molecule has 3 N–H and O–H groups in total. The maximum Gasteiger partial charge on any atom is 0.326 e. The number of anilines is 1. The number of carbonyl (C=O) groups excluding carboxylic acids is 1. The van der Waals surface area contributed by atoms with Crippen molar-refractivity contribution in [1.82, 2.24) is 10.3 Å². The van der Waals surface area contributed by atoms with Crippen LogP contribution in [-0.2, 0) is 27.2 Å². The van der Waals surface area contributed by atoms with E-state index in [0.29, 0.717) is 18.8 Å². The molecule has 1 amide bonds. The molecule has 0 bridgehead atoms. The molecule has 34 heavy (non-hydrogen) atoms. The second-order valence-electron chi connectivity index (χ2n) is 10.1. The van der Waals surface area contributed by atoms with Crippen molar-refractivity contribution in [1.29, 1.82) is 5.26 Å². The van der Waals surface area contributed by atoms with Crippen LogP contribution in [0.3, 0.4) is 0 Å². The zero-order chi connectivity index (χ0) is 24.0. The SMILES string of the molecule is N#CC1(C(=O)N[C@@H](CCO[C@H]2C[C@H](CCc3ccc4c(n3)NCCC4)C2)C(=O)O)CCCCC1. The third-order valence-corrected chi connectivity index (χ3v) is 7.67. The second kappa shape index (κ2) is 11.2. The topological polar surface area (TPSA) is 124 Å². The minimum Gasteiger partial charge on any atom is -0.480 e. The average Bonchev–Trinajstić information content (AvgIpc) is 2.84. The van der Waals surface area contributed by atoms with Crippen molar-refractivity contribution in [2.24, 2.45) is 11.3 Å². The molecule has 4 rings (SSSR count). The molecule has 2 heterocycles. The summed E-state index contributed by atoms with van der Waals surface area (Å²) in [6, 6.07) is 5.46. The number of hydrogen-bond donors (Lipinski definition) is 3. The number of hydrogen-bond acceptors (Lipinski definition) is 6. The zero-order valence-electron chi connectivity index (χ0n) is 19.9. The summed E-state index contributed by atoms with van der Waals surface area (Å²) < 4.78 is 5.89. The van der Waals surface area contributed by atoms with Gasteiger partial charge in [-0.3, -0.25) is 4.79 Å². The highest BCUT2D eigenvalue weighted by Crippen LogP contribution is 2.36. The Balaban J connectivity index is 1.15. The molecular formula is C26H36N4O4. The molecule has 0 saturated heterocycles. The van der Waals surface area contributed by atoms with Gasteiger partial charge >= 0.3 is 5.97 Å². The molecule has 184 valence electrons. The summed E-state index contributed by atoms with van der Waals surface area (Å²) in [7, 11) is 0. The predicted molar refractivity (Wildman–Crippen MR) is 127 cm³/mol. The van der Waals surface area contributed by atoms with Crippen LogP contribution in [-0.4, -0.2) is 47.3 Å². The summed E-state index contributed by atoms with van der Waals surface area (Å²) in [5, 5.41) is 25.1. The smallest absolute Gasteiger partial charge is 0.326 e. The van der Waals surface area contributed by atoms with E-state index < -0.39 is 23.3 Å². The first-order valence-corrected chi connectivity index (χ1v) is 12.8. The number of carboxylic acids is 1. The van der Waals surface area contributed by atoms with Crippen LogP contribution in [0.5, 0.6) is 0 Å². The van der Waals surface area contributed by atoms with E-state index in [9.17, 15) is 20.0 Å². The van der Waals surface area contributed by atoms with Crippen molar-refractivity contribution < 1.29 is 19.4 Å². The fourth-order valence-corrected chi connectivity index (χ4v) is 5.36. The summed E-state index contributed by atoms with van der Waals surface area (Å²) in [6.45, 7) is 1.28. The largest absolute Gasteiger partial charge is 0.480 e. The van der Waals surface area contributed by atoms with Crippen LogP contribution in [0.1, 0.15) is 75.5 Å². The monoisotopic (exact) mass is 468 g/mol. The molecule has 2 aliphatic carbocycles. The number of ether oxygens (including phenoxy) is 1. The standard InChI is InChI=1S/C26H36N4O4/c27-17-26(11-2-1-3-12-26)25(33)30-22(24(31)32)10-14-34-21-15-18(16-21)6-8-20-9-7-19-5-4-13-28-23(19)29-20/h7,9,18,21-22H,1-6,8,10-16H2,(H,28,29)(H,30,33)(H,31,32)/t18-,21-,22-/m0/s1. The number of aromatic nitrogens is 1. The fourth-order valence-electron chi connectivity index (χ4n) is 5.36. The molecule has 0 aromatic carbocycles. The number of carboxylic acid groups (broad SMARTS) is 1. The van der Waals surface area contributed by atoms with Crippen molar-refractivity contribution in [3.05, 3.63) is 23.4 Å². The van der Waals surface area contributed by atoms with Crippen molar-refractivity contribution in [3.63, 3.8) is 0 Å². The lowest BCUT2D eigenvalue weighted by molar-refractivity contribution is -0.144. The summed E-state index contributed by atoms with van der Waals surface area (Å²) in [5.41, 5.74) is 1.35. The minimum absolute atomic E-state index is 0.150. The molecule has 1 atom stereocenters. The number of aliphatic carboxylic acids is 1. The van der Waals surface area contributed by atoms with E-state index in [1.807, 2.05) is 0 Å². The first-order valence-electron chi connectivity index (χ1n) is 12.8. The Labute approximate surface area is 201 Å². The molecule has 2 fully saturated rings. The number of amides is 1. The lowest BCUT2D eigenvalue weighted by atomic mass is 9.74. The minimum atomic E-state index is -1.09. The zero-order valence-corrected chi connectivity index (χ0v) is 19.9. The molecular weight excluding hydrogens is 432 g/mol. The van der Waals surface area contributed by atoms with Gasteiger partial charge in [0.15, 0.2) is 0 Å². The van der Waals surface area contributed by atoms with Crippen molar-refractivity contribution in [2.45, 2.75) is 89.2 Å². The average molecular weight is 469 g/mol. The van der Waals surface area contributed by atoms with E-state index in [4.69, 9.17) is 9.72 Å². The first kappa shape index (κ1) is 24.5. The van der Waals surface area contributed by atoms with E-state index in [0.717, 1.165) is 75.8 Å². The number of nitrogens with one attached hydrogen (secondary N) is 2. The van der Waals surface area contributed by atoms with Crippen LogP contribution in [0.4, 0.5) is 5.82 Å². The van der Waals surface area contributed by atoms with Gasteiger partial charge in [0, 0.05) is 25.3 Å². The molecule has 1 aliphatic heterocycles. The van der Waals surface area contributed by atoms with E-state index in [1.54, 1.807) is 0 Å². The molecule has 0 radical (unpaired) electrons. The van der Waals surface area contributed by atoms with Gasteiger partial charge in [-0.25, -0.2) is 9.78 Å². The number of rotatable bonds is 10. The van der Waals surface area contributed by atoms with Crippen LogP contribution in [0.25, 0.3) is 0 Å². The third kappa shape index (κ3) is 5.87. The van der Waals surface area contributed by atoms with Gasteiger partial charge in [0.25, 0.3) is 0 Å². The van der Waals surface area contributed by atoms with E-state index in [1.165, 1.54) is 5.56 Å². The molecule has 2 saturated carbocycles. The Morgan fingerprint density at radius 2 is 2.06 bits per heavy atom. The van der Waals surface area contributed by atoms with Crippen LogP contribution in [0, 0.1) is 22.7 Å². The number of nitrogens with zero attached hydrogens (tertiary/aromatic N) is 2. The third-order valence-electron chi connectivity index (χ3n) is 7.67. The molecule has 1 aromatic rings. The predicted octanol–water partition coefficient (Wildman–Crippen LogP) is 3.60. The molecule has 0 unspecified atom stereocenters. The Bertz CT molecular complexity index is 916. The quantitative estimate of drug-likeness (QED) is 0.479. The number of carbonyl (C=O) groups is 2. The van der Waals surface area contributed by atoms with E-state index >= 15 is 0 Å². The van der Waals surface area contributed by atoms with Gasteiger partial charge in [-0.1, -0.05) is 25.3 Å². The van der Waals surface area contributed by atoms with Crippen LogP contribution in [0.2, 0.25) is 0 Å². The lowest BCUT2D eigenvalue weighted by Gasteiger charge is -2.35. The van der Waals surface area contributed by atoms with Crippen LogP contribution < -0.4 is 10.6 Å². The molecule has 8 heteroatoms. The van der Waals surface area contributed by atoms with Gasteiger partial charge in [0.2, 0.25) is 5.91 Å². The number of aryl methyl sites for hydroxylation is 2. The number of pyridine rings is 1. The van der Waals surface area contributed by atoms with E-state index in [2.05, 4.69) is 28.8 Å². The maximum atomic E-state index is 12.7. The van der Waals surface area contributed by atoms with Gasteiger partial charge in [-0.05, 0) is 68.9 Å². The number of nitriles is 1. The van der Waals surface area contributed by atoms with Gasteiger partial charge in [0.05, 0.1) is 12.2 Å². The summed E-state index contributed by atoms with van der Waals surface area (Å²) in [4.78, 5) is 29.1. The Morgan fingerprint density at radius 3 is 2.79 bits per heavy atom. The highest BCUT2D eigenvalue weighted by Gasteiger charge is 2.41. The van der Waals surface area contributed by atoms with Crippen LogP contribution >= 0.6 is 0 Å². The fraction of sp³-hybridized carbons (Fsp3) is 0.692. The van der Waals surface area contributed by atoms with Crippen molar-refractivity contribution in [2.75, 3.05) is 18.5 Å². The summed E-state index contributed by atoms with van der Waals surface area (Å²) in [5.74, 6) is 0.117. The van der Waals surface area contributed by atoms with Gasteiger partial charge < -0.3 is 20.5 Å². The Kier molecular flexibility index (Phi) is 8.04. The van der Waals surface area contributed by atoms with E-state index in [-0.39, 0.29) is 19.1 Å². The second-order valence-corrected chi connectivity index (χ2v) is 10.1. The van der Waals surface area contributed by atoms with Gasteiger partial charge in [0.1, 0.15) is 17.3 Å². The summed E-state index contributed by atoms with van der Waals surface area (Å²) in [6.07, 6.45) is 10.3. The summed E-state index contributed by atoms with van der Waals surface area (Å²) >= 11 is 0. The highest BCUT2D eigenvalue weighted by molar-refractivity contribution is 5.89. The van der Waals surface area contributed by atoms with Crippen molar-refractivity contribution >= 4 is 17.7 Å². The highest BCUT2D eigenvalue weighted by atomic mass is 16.5. The molecule has 0 spiro atoms. The molecule has 1 aromatic heterocycles. The van der Waals surface area contributed by atoms with Gasteiger partial charge in [-0.2, -0.15) is 5.26 Å². The Morgan fingerprint density at radius 1 is 1.26 bits per heavy atom. The molecule has 8 nitrogen and oxygen atoms in total. The van der Waals surface area contributed by atoms with Crippen molar-refractivity contribution in [3.8, 4) is 6.07 Å². The molecule has 3 aliphatic rings.